The van der Waals surface area contributed by atoms with Crippen LogP contribution in [0.4, 0.5) is 5.69 Å². The summed E-state index contributed by atoms with van der Waals surface area (Å²) >= 11 is 0. The fraction of sp³-hybridized carbons (Fsp3) is 0.429. The molecule has 0 radical (unpaired) electrons. The highest BCUT2D eigenvalue weighted by Gasteiger charge is 2.24. The average molecular weight is 261 g/mol. The molecule has 0 spiro atoms. The Morgan fingerprint density at radius 3 is 2.89 bits per heavy atom. The molecular formula is C14H19N3O2. The van der Waals surface area contributed by atoms with Gasteiger partial charge in [0.05, 0.1) is 5.56 Å². The van der Waals surface area contributed by atoms with Crippen LogP contribution in [0.25, 0.3) is 0 Å². The summed E-state index contributed by atoms with van der Waals surface area (Å²) in [6.07, 6.45) is 1.16. The molecule has 1 heterocycles. The van der Waals surface area contributed by atoms with Gasteiger partial charge in [0, 0.05) is 31.7 Å². The van der Waals surface area contributed by atoms with Gasteiger partial charge in [-0.1, -0.05) is 11.6 Å². The van der Waals surface area contributed by atoms with Crippen LogP contribution < -0.4 is 11.1 Å². The van der Waals surface area contributed by atoms with Crippen LogP contribution in [0.3, 0.4) is 0 Å². The van der Waals surface area contributed by atoms with E-state index < -0.39 is 0 Å². The quantitative estimate of drug-likeness (QED) is 0.778. The number of nitrogens with two attached hydrogens (primary N) is 1. The molecule has 5 heteroatoms. The third-order valence-corrected chi connectivity index (χ3v) is 3.42. The fourth-order valence-corrected chi connectivity index (χ4v) is 2.26. The minimum atomic E-state index is -0.172. The van der Waals surface area contributed by atoms with Gasteiger partial charge in [-0.2, -0.15) is 0 Å². The molecule has 2 rings (SSSR count). The number of nitrogen functional groups attached to an aromatic ring is 1. The molecule has 1 aliphatic heterocycles. The van der Waals surface area contributed by atoms with E-state index in [-0.39, 0.29) is 17.9 Å². The van der Waals surface area contributed by atoms with Crippen molar-refractivity contribution in [2.45, 2.75) is 25.8 Å². The highest BCUT2D eigenvalue weighted by atomic mass is 16.2. The van der Waals surface area contributed by atoms with Crippen LogP contribution in [0, 0.1) is 6.92 Å². The van der Waals surface area contributed by atoms with Gasteiger partial charge in [-0.3, -0.25) is 9.59 Å². The van der Waals surface area contributed by atoms with Crippen molar-refractivity contribution in [2.75, 3.05) is 19.3 Å². The van der Waals surface area contributed by atoms with Crippen LogP contribution in [0.5, 0.6) is 0 Å². The lowest BCUT2D eigenvalue weighted by Crippen LogP contribution is -2.48. The minimum Gasteiger partial charge on any atom is -0.398 e. The number of piperidine rings is 1. The predicted molar refractivity (Wildman–Crippen MR) is 73.7 cm³/mol. The zero-order chi connectivity index (χ0) is 14.0. The number of likely N-dealkylation sites (tertiary alicyclic amines) is 1. The maximum absolute atomic E-state index is 12.2. The van der Waals surface area contributed by atoms with E-state index in [0.717, 1.165) is 5.56 Å². The lowest BCUT2D eigenvalue weighted by Gasteiger charge is -2.30. The van der Waals surface area contributed by atoms with Crippen LogP contribution in [0.15, 0.2) is 18.2 Å². The number of nitrogens with zero attached hydrogens (tertiary/aromatic N) is 1. The first kappa shape index (κ1) is 13.4. The topological polar surface area (TPSA) is 75.4 Å². The van der Waals surface area contributed by atoms with Crippen LogP contribution in [-0.2, 0) is 4.79 Å². The van der Waals surface area contributed by atoms with Crippen LogP contribution in [0.2, 0.25) is 0 Å². The van der Waals surface area contributed by atoms with Gasteiger partial charge in [0.1, 0.15) is 0 Å². The first-order valence-corrected chi connectivity index (χ1v) is 6.38. The van der Waals surface area contributed by atoms with Crippen molar-refractivity contribution in [3.8, 4) is 0 Å². The van der Waals surface area contributed by atoms with E-state index in [2.05, 4.69) is 5.32 Å². The number of carbonyl (C=O) groups excluding carboxylic acids is 2. The number of anilines is 1. The molecule has 1 aliphatic rings. The Labute approximate surface area is 112 Å². The molecule has 1 saturated heterocycles. The van der Waals surface area contributed by atoms with E-state index in [1.807, 2.05) is 13.0 Å². The zero-order valence-corrected chi connectivity index (χ0v) is 11.3. The van der Waals surface area contributed by atoms with Crippen molar-refractivity contribution >= 4 is 17.5 Å². The molecule has 1 aromatic carbocycles. The molecule has 0 aliphatic carbocycles. The molecule has 19 heavy (non-hydrogen) atoms. The lowest BCUT2D eigenvalue weighted by molar-refractivity contribution is -0.132. The Morgan fingerprint density at radius 1 is 1.47 bits per heavy atom. The van der Waals surface area contributed by atoms with Crippen molar-refractivity contribution in [1.29, 1.82) is 0 Å². The van der Waals surface area contributed by atoms with Gasteiger partial charge in [-0.15, -0.1) is 0 Å². The number of hydrogen-bond acceptors (Lipinski definition) is 3. The van der Waals surface area contributed by atoms with Crippen LogP contribution in [0.1, 0.15) is 28.8 Å². The largest absolute Gasteiger partial charge is 0.398 e. The molecule has 2 amide bonds. The van der Waals surface area contributed by atoms with E-state index in [4.69, 9.17) is 5.73 Å². The van der Waals surface area contributed by atoms with E-state index in [0.29, 0.717) is 30.6 Å². The van der Waals surface area contributed by atoms with Gasteiger partial charge >= 0.3 is 0 Å². The first-order chi connectivity index (χ1) is 8.97. The Morgan fingerprint density at radius 2 is 2.21 bits per heavy atom. The fourth-order valence-electron chi connectivity index (χ4n) is 2.26. The normalized spacial score (nSPS) is 19.4. The van der Waals surface area contributed by atoms with Crippen molar-refractivity contribution < 1.29 is 9.59 Å². The van der Waals surface area contributed by atoms with Gasteiger partial charge in [0.25, 0.3) is 5.91 Å². The molecule has 0 saturated carbocycles. The highest BCUT2D eigenvalue weighted by molar-refractivity contribution is 5.99. The summed E-state index contributed by atoms with van der Waals surface area (Å²) in [5, 5.41) is 2.94. The summed E-state index contributed by atoms with van der Waals surface area (Å²) in [4.78, 5) is 25.2. The van der Waals surface area contributed by atoms with E-state index in [9.17, 15) is 9.59 Å². The summed E-state index contributed by atoms with van der Waals surface area (Å²) < 4.78 is 0. The number of nitrogens with one attached hydrogen (secondary N) is 1. The number of hydrogen-bond donors (Lipinski definition) is 2. The first-order valence-electron chi connectivity index (χ1n) is 6.38. The van der Waals surface area contributed by atoms with E-state index in [1.165, 1.54) is 0 Å². The van der Waals surface area contributed by atoms with Crippen molar-refractivity contribution in [3.05, 3.63) is 29.3 Å². The Balaban J connectivity index is 2.05. The monoisotopic (exact) mass is 261 g/mol. The van der Waals surface area contributed by atoms with Gasteiger partial charge in [-0.25, -0.2) is 0 Å². The molecule has 0 bridgehead atoms. The maximum Gasteiger partial charge on any atom is 0.253 e. The van der Waals surface area contributed by atoms with Crippen LogP contribution >= 0.6 is 0 Å². The SMILES string of the molecule is Cc1ccc(N)c(C(=O)NC2CCC(=O)N(C)C2)c1. The summed E-state index contributed by atoms with van der Waals surface area (Å²) in [5.41, 5.74) is 7.79. The summed E-state index contributed by atoms with van der Waals surface area (Å²) in [6.45, 7) is 2.47. The average Bonchev–Trinajstić information content (AvgIpc) is 2.36. The maximum atomic E-state index is 12.2. The molecule has 0 aromatic heterocycles. The Bertz CT molecular complexity index is 513. The smallest absolute Gasteiger partial charge is 0.253 e. The van der Waals surface area contributed by atoms with Gasteiger partial charge in [-0.05, 0) is 25.5 Å². The number of likely N-dealkylation sites (N-methyl/N-ethyl adjacent to an activating group) is 1. The third kappa shape index (κ3) is 3.05. The second-order valence-corrected chi connectivity index (χ2v) is 5.07. The Hall–Kier alpha value is -2.04. The lowest BCUT2D eigenvalue weighted by atomic mass is 10.0. The molecular weight excluding hydrogens is 242 g/mol. The van der Waals surface area contributed by atoms with Crippen molar-refractivity contribution in [1.82, 2.24) is 10.2 Å². The highest BCUT2D eigenvalue weighted by Crippen LogP contribution is 2.15. The minimum absolute atomic E-state index is 0.00453. The van der Waals surface area contributed by atoms with Gasteiger partial charge in [0.2, 0.25) is 5.91 Å². The molecule has 5 nitrogen and oxygen atoms in total. The van der Waals surface area contributed by atoms with Crippen molar-refractivity contribution in [2.24, 2.45) is 0 Å². The molecule has 102 valence electrons. The van der Waals surface area contributed by atoms with Gasteiger partial charge < -0.3 is 16.0 Å². The zero-order valence-electron chi connectivity index (χ0n) is 11.3. The second kappa shape index (κ2) is 5.30. The summed E-state index contributed by atoms with van der Waals surface area (Å²) in [7, 11) is 1.75. The van der Waals surface area contributed by atoms with Crippen LogP contribution in [-0.4, -0.2) is 36.3 Å². The number of benzene rings is 1. The van der Waals surface area contributed by atoms with Crippen molar-refractivity contribution in [3.63, 3.8) is 0 Å². The van der Waals surface area contributed by atoms with E-state index in [1.54, 1.807) is 24.1 Å². The summed E-state index contributed by atoms with van der Waals surface area (Å²) in [6, 6.07) is 5.39. The molecule has 3 N–H and O–H groups in total. The molecule has 1 atom stereocenters. The molecule has 1 fully saturated rings. The van der Waals surface area contributed by atoms with E-state index >= 15 is 0 Å². The number of amides is 2. The summed E-state index contributed by atoms with van der Waals surface area (Å²) in [5.74, 6) is -0.0467. The standard InChI is InChI=1S/C14H19N3O2/c1-9-3-5-12(15)11(7-9)14(19)16-10-4-6-13(18)17(2)8-10/h3,5,7,10H,4,6,8,15H2,1-2H3,(H,16,19). The number of rotatable bonds is 2. The molecule has 1 aromatic rings. The van der Waals surface area contributed by atoms with Gasteiger partial charge in [0.15, 0.2) is 0 Å². The predicted octanol–water partition coefficient (Wildman–Crippen LogP) is 0.928. The number of aryl methyl sites for hydroxylation is 1. The molecule has 1 unspecified atom stereocenters. The third-order valence-electron chi connectivity index (χ3n) is 3.42. The number of carbonyl (C=O) groups is 2. The second-order valence-electron chi connectivity index (χ2n) is 5.07. The Kier molecular flexibility index (Phi) is 3.74.